The maximum absolute atomic E-state index is 13.4. The van der Waals surface area contributed by atoms with Crippen LogP contribution in [0.2, 0.25) is 0 Å². The number of nitrogens with one attached hydrogen (secondary N) is 2. The molecule has 5 nitrogen and oxygen atoms in total. The summed E-state index contributed by atoms with van der Waals surface area (Å²) in [7, 11) is 0. The standard InChI is InChI=1S/C16H14F2N2O3/c17-11-2-3-13(12(18)6-11)19-8-16(21)20-7-10-1-4-14-15(5-10)23-9-22-14/h1-6,19H,7-9H2,(H,20,21). The van der Waals surface area contributed by atoms with Crippen molar-refractivity contribution in [3.8, 4) is 11.5 Å². The van der Waals surface area contributed by atoms with Crippen LogP contribution in [-0.4, -0.2) is 19.2 Å². The van der Waals surface area contributed by atoms with Gasteiger partial charge in [0.15, 0.2) is 11.5 Å². The first-order chi connectivity index (χ1) is 11.1. The van der Waals surface area contributed by atoms with E-state index in [9.17, 15) is 13.6 Å². The van der Waals surface area contributed by atoms with Crippen LogP contribution in [0.1, 0.15) is 5.56 Å². The molecule has 0 saturated heterocycles. The lowest BCUT2D eigenvalue weighted by atomic mass is 10.2. The number of hydrogen-bond donors (Lipinski definition) is 2. The molecule has 0 radical (unpaired) electrons. The smallest absolute Gasteiger partial charge is 0.239 e. The fraction of sp³-hybridized carbons (Fsp3) is 0.188. The van der Waals surface area contributed by atoms with Crippen LogP contribution in [0.3, 0.4) is 0 Å². The van der Waals surface area contributed by atoms with Crippen molar-refractivity contribution in [3.63, 3.8) is 0 Å². The predicted octanol–water partition coefficient (Wildman–Crippen LogP) is 2.42. The van der Waals surface area contributed by atoms with E-state index >= 15 is 0 Å². The Kier molecular flexibility index (Phi) is 4.27. The highest BCUT2D eigenvalue weighted by atomic mass is 19.1. The lowest BCUT2D eigenvalue weighted by molar-refractivity contribution is -0.119. The number of anilines is 1. The molecule has 2 aromatic rings. The summed E-state index contributed by atoms with van der Waals surface area (Å²) in [4.78, 5) is 11.8. The summed E-state index contributed by atoms with van der Waals surface area (Å²) in [6.07, 6.45) is 0. The summed E-state index contributed by atoms with van der Waals surface area (Å²) in [6, 6.07) is 8.51. The molecule has 0 unspecified atom stereocenters. The van der Waals surface area contributed by atoms with Crippen LogP contribution in [0.25, 0.3) is 0 Å². The molecule has 1 amide bonds. The van der Waals surface area contributed by atoms with E-state index in [-0.39, 0.29) is 24.9 Å². The minimum atomic E-state index is -0.742. The number of amides is 1. The van der Waals surface area contributed by atoms with E-state index in [1.807, 2.05) is 6.07 Å². The van der Waals surface area contributed by atoms with Crippen LogP contribution in [-0.2, 0) is 11.3 Å². The number of fused-ring (bicyclic) bond motifs is 1. The van der Waals surface area contributed by atoms with Crippen LogP contribution in [0, 0.1) is 11.6 Å². The molecule has 0 bridgehead atoms. The number of halogens is 2. The van der Waals surface area contributed by atoms with Gasteiger partial charge in [0.1, 0.15) is 11.6 Å². The monoisotopic (exact) mass is 320 g/mol. The quantitative estimate of drug-likeness (QED) is 0.888. The normalized spacial score (nSPS) is 12.1. The Bertz CT molecular complexity index is 737. The maximum atomic E-state index is 13.4. The van der Waals surface area contributed by atoms with Gasteiger partial charge in [0, 0.05) is 12.6 Å². The van der Waals surface area contributed by atoms with Gasteiger partial charge in [0.2, 0.25) is 12.7 Å². The van der Waals surface area contributed by atoms with Crippen molar-refractivity contribution < 1.29 is 23.0 Å². The highest BCUT2D eigenvalue weighted by molar-refractivity contribution is 5.80. The third-order valence-electron chi connectivity index (χ3n) is 3.30. The zero-order valence-corrected chi connectivity index (χ0v) is 12.1. The predicted molar refractivity (Wildman–Crippen MR) is 79.3 cm³/mol. The minimum Gasteiger partial charge on any atom is -0.454 e. The molecule has 3 rings (SSSR count). The number of rotatable bonds is 5. The lowest BCUT2D eigenvalue weighted by Gasteiger charge is -2.09. The van der Waals surface area contributed by atoms with Crippen molar-refractivity contribution >= 4 is 11.6 Å². The Morgan fingerprint density at radius 1 is 1.09 bits per heavy atom. The van der Waals surface area contributed by atoms with Crippen molar-refractivity contribution in [1.29, 1.82) is 0 Å². The molecule has 1 aliphatic rings. The van der Waals surface area contributed by atoms with E-state index in [1.54, 1.807) is 12.1 Å². The molecule has 23 heavy (non-hydrogen) atoms. The highest BCUT2D eigenvalue weighted by Gasteiger charge is 2.13. The van der Waals surface area contributed by atoms with Gasteiger partial charge in [-0.15, -0.1) is 0 Å². The molecule has 2 N–H and O–H groups in total. The van der Waals surface area contributed by atoms with E-state index in [4.69, 9.17) is 9.47 Å². The fourth-order valence-electron chi connectivity index (χ4n) is 2.12. The van der Waals surface area contributed by atoms with Gasteiger partial charge in [-0.05, 0) is 29.8 Å². The fourth-order valence-corrected chi connectivity index (χ4v) is 2.12. The summed E-state index contributed by atoms with van der Waals surface area (Å²) in [5.41, 5.74) is 0.931. The molecular weight excluding hydrogens is 306 g/mol. The zero-order chi connectivity index (χ0) is 16.2. The average molecular weight is 320 g/mol. The number of ether oxygens (including phenoxy) is 2. The van der Waals surface area contributed by atoms with Crippen molar-refractivity contribution in [2.75, 3.05) is 18.7 Å². The average Bonchev–Trinajstić information content (AvgIpc) is 2.99. The summed E-state index contributed by atoms with van der Waals surface area (Å²) in [6.45, 7) is 0.383. The zero-order valence-electron chi connectivity index (χ0n) is 12.1. The summed E-state index contributed by atoms with van der Waals surface area (Å²) < 4.78 is 36.7. The second kappa shape index (κ2) is 6.51. The second-order valence-corrected chi connectivity index (χ2v) is 4.94. The molecule has 120 valence electrons. The number of carbonyl (C=O) groups excluding carboxylic acids is 1. The first kappa shape index (κ1) is 15.1. The van der Waals surface area contributed by atoms with Crippen LogP contribution < -0.4 is 20.1 Å². The maximum Gasteiger partial charge on any atom is 0.239 e. The number of carbonyl (C=O) groups is 1. The van der Waals surface area contributed by atoms with Crippen molar-refractivity contribution in [3.05, 3.63) is 53.6 Å². The molecule has 0 fully saturated rings. The van der Waals surface area contributed by atoms with Gasteiger partial charge in [0.25, 0.3) is 0 Å². The van der Waals surface area contributed by atoms with E-state index in [0.717, 1.165) is 17.7 Å². The Morgan fingerprint density at radius 2 is 1.91 bits per heavy atom. The Hall–Kier alpha value is -2.83. The number of benzene rings is 2. The third kappa shape index (κ3) is 3.68. The van der Waals surface area contributed by atoms with Crippen molar-refractivity contribution in [2.24, 2.45) is 0 Å². The summed E-state index contributed by atoms with van der Waals surface area (Å²) in [5, 5.41) is 5.32. The van der Waals surface area contributed by atoms with Crippen molar-refractivity contribution in [2.45, 2.75) is 6.54 Å². The Morgan fingerprint density at radius 3 is 2.74 bits per heavy atom. The molecule has 1 heterocycles. The second-order valence-electron chi connectivity index (χ2n) is 4.94. The molecule has 1 aliphatic heterocycles. The van der Waals surface area contributed by atoms with Gasteiger partial charge in [0.05, 0.1) is 12.2 Å². The highest BCUT2D eigenvalue weighted by Crippen LogP contribution is 2.32. The summed E-state index contributed by atoms with van der Waals surface area (Å²) >= 11 is 0. The summed E-state index contributed by atoms with van der Waals surface area (Å²) in [5.74, 6) is -0.406. The van der Waals surface area contributed by atoms with Crippen LogP contribution >= 0.6 is 0 Å². The Balaban J connectivity index is 1.50. The van der Waals surface area contributed by atoms with Gasteiger partial charge >= 0.3 is 0 Å². The molecular formula is C16H14F2N2O3. The first-order valence-corrected chi connectivity index (χ1v) is 6.96. The number of hydrogen-bond acceptors (Lipinski definition) is 4. The van der Waals surface area contributed by atoms with Crippen LogP contribution in [0.4, 0.5) is 14.5 Å². The van der Waals surface area contributed by atoms with E-state index in [0.29, 0.717) is 18.0 Å². The Labute approximate surface area is 131 Å². The molecule has 0 atom stereocenters. The SMILES string of the molecule is O=C(CNc1ccc(F)cc1F)NCc1ccc2c(c1)OCO2. The molecule has 0 aromatic heterocycles. The van der Waals surface area contributed by atoms with Gasteiger partial charge in [-0.2, -0.15) is 0 Å². The molecule has 0 spiro atoms. The minimum absolute atomic E-state index is 0.0737. The first-order valence-electron chi connectivity index (χ1n) is 6.96. The van der Waals surface area contributed by atoms with Crippen LogP contribution in [0.15, 0.2) is 36.4 Å². The molecule has 0 aliphatic carbocycles. The van der Waals surface area contributed by atoms with Gasteiger partial charge in [-0.1, -0.05) is 6.07 Å². The lowest BCUT2D eigenvalue weighted by Crippen LogP contribution is -2.29. The van der Waals surface area contributed by atoms with Gasteiger partial charge < -0.3 is 20.1 Å². The van der Waals surface area contributed by atoms with Crippen molar-refractivity contribution in [1.82, 2.24) is 5.32 Å². The molecule has 0 saturated carbocycles. The van der Waals surface area contributed by atoms with E-state index in [2.05, 4.69) is 10.6 Å². The third-order valence-corrected chi connectivity index (χ3v) is 3.30. The van der Waals surface area contributed by atoms with Crippen LogP contribution in [0.5, 0.6) is 11.5 Å². The van der Waals surface area contributed by atoms with Gasteiger partial charge in [-0.25, -0.2) is 8.78 Å². The van der Waals surface area contributed by atoms with E-state index < -0.39 is 11.6 Å². The van der Waals surface area contributed by atoms with E-state index in [1.165, 1.54) is 6.07 Å². The largest absolute Gasteiger partial charge is 0.454 e. The molecule has 7 heteroatoms. The van der Waals surface area contributed by atoms with Gasteiger partial charge in [-0.3, -0.25) is 4.79 Å². The molecule has 2 aromatic carbocycles. The topological polar surface area (TPSA) is 59.6 Å².